The minimum Gasteiger partial charge on any atom is -0.484 e. The zero-order chi connectivity index (χ0) is 19.4. The van der Waals surface area contributed by atoms with Gasteiger partial charge in [0, 0.05) is 11.8 Å². The number of para-hydroxylation sites is 1. The van der Waals surface area contributed by atoms with E-state index in [1.807, 2.05) is 6.07 Å². The molecule has 1 aliphatic rings. The summed E-state index contributed by atoms with van der Waals surface area (Å²) in [6.07, 6.45) is -3.73. The summed E-state index contributed by atoms with van der Waals surface area (Å²) < 4.78 is 39.9. The summed E-state index contributed by atoms with van der Waals surface area (Å²) in [5.74, 6) is -0.800. The van der Waals surface area contributed by atoms with Crippen LogP contribution in [-0.2, 0) is 9.59 Å². The van der Waals surface area contributed by atoms with Crippen molar-refractivity contribution in [3.63, 3.8) is 0 Å². The van der Waals surface area contributed by atoms with E-state index in [-0.39, 0.29) is 23.8 Å². The molecule has 27 heavy (non-hydrogen) atoms. The Morgan fingerprint density at radius 3 is 2.56 bits per heavy atom. The molecule has 3 rings (SSSR count). The van der Waals surface area contributed by atoms with Gasteiger partial charge in [0.1, 0.15) is 11.8 Å². The third-order valence-corrected chi connectivity index (χ3v) is 3.55. The van der Waals surface area contributed by atoms with Gasteiger partial charge in [0.25, 0.3) is 5.91 Å². The number of rotatable bonds is 6. The second-order valence-corrected chi connectivity index (χ2v) is 5.71. The van der Waals surface area contributed by atoms with E-state index in [1.54, 1.807) is 24.3 Å². The highest BCUT2D eigenvalue weighted by Gasteiger charge is 2.43. The topological polar surface area (TPSA) is 85.9 Å². The third kappa shape index (κ3) is 4.84. The Hall–Kier alpha value is -3.36. The number of carbonyl (C=O) groups is 2. The molecule has 0 bridgehead atoms. The van der Waals surface area contributed by atoms with Crippen molar-refractivity contribution >= 4 is 17.5 Å². The first-order valence-corrected chi connectivity index (χ1v) is 8.00. The maximum absolute atomic E-state index is 13.0. The summed E-state index contributed by atoms with van der Waals surface area (Å²) in [5.41, 5.74) is 0.224. The fraction of sp³-hybridized carbons (Fsp3) is 0.222. The van der Waals surface area contributed by atoms with Crippen LogP contribution >= 0.6 is 0 Å². The van der Waals surface area contributed by atoms with E-state index in [4.69, 9.17) is 4.74 Å². The normalized spacial score (nSPS) is 14.9. The minimum absolute atomic E-state index is 0.127. The van der Waals surface area contributed by atoms with Gasteiger partial charge in [-0.3, -0.25) is 9.59 Å². The van der Waals surface area contributed by atoms with Crippen molar-refractivity contribution in [2.45, 2.75) is 19.3 Å². The molecule has 0 saturated heterocycles. The average molecular weight is 378 g/mol. The van der Waals surface area contributed by atoms with Crippen molar-refractivity contribution in [2.75, 3.05) is 11.9 Å². The van der Waals surface area contributed by atoms with Crippen LogP contribution in [0.5, 0.6) is 17.2 Å². The van der Waals surface area contributed by atoms with Gasteiger partial charge in [-0.15, -0.1) is 8.78 Å². The zero-order valence-electron chi connectivity index (χ0n) is 14.2. The standard InChI is InChI=1S/C18H16F2N2O5/c1-11(21-16(23)10-25-13-5-3-2-4-6-13)17(24)22-12-7-8-14-15(9-12)27-18(19,20)26-14/h2-9,11H,10H2,1H3,(H,21,23)(H,22,24). The number of fused-ring (bicyclic) bond motifs is 1. The third-order valence-electron chi connectivity index (χ3n) is 3.55. The first kappa shape index (κ1) is 18.4. The van der Waals surface area contributed by atoms with Crippen molar-refractivity contribution < 1.29 is 32.6 Å². The molecule has 0 aromatic heterocycles. The van der Waals surface area contributed by atoms with Crippen LogP contribution in [0.3, 0.4) is 0 Å². The molecule has 0 fully saturated rings. The Morgan fingerprint density at radius 2 is 1.81 bits per heavy atom. The SMILES string of the molecule is CC(NC(=O)COc1ccccc1)C(=O)Nc1ccc2c(c1)OC(F)(F)O2. The number of hydrogen-bond acceptors (Lipinski definition) is 5. The van der Waals surface area contributed by atoms with Gasteiger partial charge in [-0.2, -0.15) is 0 Å². The number of alkyl halides is 2. The Morgan fingerprint density at radius 1 is 1.11 bits per heavy atom. The first-order valence-electron chi connectivity index (χ1n) is 8.00. The van der Waals surface area contributed by atoms with Gasteiger partial charge in [0.05, 0.1) is 0 Å². The smallest absolute Gasteiger partial charge is 0.484 e. The largest absolute Gasteiger partial charge is 0.586 e. The van der Waals surface area contributed by atoms with E-state index in [1.165, 1.54) is 25.1 Å². The summed E-state index contributed by atoms with van der Waals surface area (Å²) in [6.45, 7) is 1.23. The molecule has 7 nitrogen and oxygen atoms in total. The van der Waals surface area contributed by atoms with E-state index in [0.717, 1.165) is 0 Å². The van der Waals surface area contributed by atoms with Crippen molar-refractivity contribution in [1.82, 2.24) is 5.32 Å². The number of carbonyl (C=O) groups excluding carboxylic acids is 2. The molecule has 1 atom stereocenters. The Kier molecular flexibility index (Phi) is 5.11. The number of halogens is 2. The van der Waals surface area contributed by atoms with Crippen LogP contribution in [-0.4, -0.2) is 30.8 Å². The van der Waals surface area contributed by atoms with Gasteiger partial charge in [-0.25, -0.2) is 0 Å². The first-order chi connectivity index (χ1) is 12.8. The number of hydrogen-bond donors (Lipinski definition) is 2. The Bertz CT molecular complexity index is 845. The molecular formula is C18H16F2N2O5. The van der Waals surface area contributed by atoms with Gasteiger partial charge in [-0.05, 0) is 31.2 Å². The quantitative estimate of drug-likeness (QED) is 0.807. The van der Waals surface area contributed by atoms with Gasteiger partial charge in [0.15, 0.2) is 18.1 Å². The lowest BCUT2D eigenvalue weighted by atomic mass is 10.2. The number of benzene rings is 2. The summed E-state index contributed by atoms with van der Waals surface area (Å²) >= 11 is 0. The average Bonchev–Trinajstić information content (AvgIpc) is 2.94. The second-order valence-electron chi connectivity index (χ2n) is 5.71. The molecule has 142 valence electrons. The van der Waals surface area contributed by atoms with Crippen molar-refractivity contribution in [3.05, 3.63) is 48.5 Å². The van der Waals surface area contributed by atoms with Gasteiger partial charge in [-0.1, -0.05) is 18.2 Å². The maximum atomic E-state index is 13.0. The highest BCUT2D eigenvalue weighted by Crippen LogP contribution is 2.42. The molecule has 0 aliphatic carbocycles. The predicted octanol–water partition coefficient (Wildman–Crippen LogP) is 2.53. The molecule has 1 unspecified atom stereocenters. The number of ether oxygens (including phenoxy) is 3. The molecule has 2 aromatic carbocycles. The van der Waals surface area contributed by atoms with Gasteiger partial charge >= 0.3 is 6.29 Å². The van der Waals surface area contributed by atoms with Crippen LogP contribution in [0.25, 0.3) is 0 Å². The summed E-state index contributed by atoms with van der Waals surface area (Å²) in [5, 5.41) is 4.99. The van der Waals surface area contributed by atoms with E-state index in [9.17, 15) is 18.4 Å². The summed E-state index contributed by atoms with van der Waals surface area (Å²) in [4.78, 5) is 24.0. The molecule has 2 aromatic rings. The number of nitrogens with one attached hydrogen (secondary N) is 2. The van der Waals surface area contributed by atoms with Crippen molar-refractivity contribution in [3.8, 4) is 17.2 Å². The van der Waals surface area contributed by atoms with E-state index in [2.05, 4.69) is 20.1 Å². The molecular weight excluding hydrogens is 362 g/mol. The molecule has 1 heterocycles. The molecule has 9 heteroatoms. The zero-order valence-corrected chi connectivity index (χ0v) is 14.2. The lowest BCUT2D eigenvalue weighted by Gasteiger charge is -2.14. The molecule has 2 amide bonds. The summed E-state index contributed by atoms with van der Waals surface area (Å²) in [7, 11) is 0. The molecule has 1 aliphatic heterocycles. The minimum atomic E-state index is -3.73. The van der Waals surface area contributed by atoms with Gasteiger partial charge in [0.2, 0.25) is 5.91 Å². The maximum Gasteiger partial charge on any atom is 0.586 e. The van der Waals surface area contributed by atoms with Crippen LogP contribution in [0.1, 0.15) is 6.92 Å². The fourth-order valence-corrected chi connectivity index (χ4v) is 2.29. The van der Waals surface area contributed by atoms with Crippen LogP contribution < -0.4 is 24.8 Å². The van der Waals surface area contributed by atoms with E-state index in [0.29, 0.717) is 5.75 Å². The lowest BCUT2D eigenvalue weighted by Crippen LogP contribution is -2.43. The van der Waals surface area contributed by atoms with E-state index < -0.39 is 24.2 Å². The fourth-order valence-electron chi connectivity index (χ4n) is 2.29. The highest BCUT2D eigenvalue weighted by molar-refractivity contribution is 5.97. The monoisotopic (exact) mass is 378 g/mol. The van der Waals surface area contributed by atoms with Crippen molar-refractivity contribution in [2.24, 2.45) is 0 Å². The van der Waals surface area contributed by atoms with Crippen LogP contribution in [0.2, 0.25) is 0 Å². The molecule has 0 saturated carbocycles. The lowest BCUT2D eigenvalue weighted by molar-refractivity contribution is -0.286. The van der Waals surface area contributed by atoms with Crippen LogP contribution in [0.15, 0.2) is 48.5 Å². The highest BCUT2D eigenvalue weighted by atomic mass is 19.3. The van der Waals surface area contributed by atoms with Gasteiger partial charge < -0.3 is 24.8 Å². The second kappa shape index (κ2) is 7.48. The van der Waals surface area contributed by atoms with Crippen LogP contribution in [0, 0.1) is 0 Å². The number of anilines is 1. The Balaban J connectivity index is 1.50. The molecule has 2 N–H and O–H groups in total. The Labute approximate surface area is 153 Å². The number of amides is 2. The predicted molar refractivity (Wildman–Crippen MR) is 90.8 cm³/mol. The summed E-state index contributed by atoms with van der Waals surface area (Å²) in [6, 6.07) is 11.7. The van der Waals surface area contributed by atoms with Crippen molar-refractivity contribution in [1.29, 1.82) is 0 Å². The molecule has 0 spiro atoms. The van der Waals surface area contributed by atoms with E-state index >= 15 is 0 Å². The van der Waals surface area contributed by atoms with Crippen LogP contribution in [0.4, 0.5) is 14.5 Å². The molecule has 0 radical (unpaired) electrons.